The van der Waals surface area contributed by atoms with Gasteiger partial charge in [-0.25, -0.2) is 8.42 Å². The van der Waals surface area contributed by atoms with Crippen LogP contribution in [0.5, 0.6) is 5.75 Å². The van der Waals surface area contributed by atoms with Crippen LogP contribution in [0, 0.1) is 0 Å². The van der Waals surface area contributed by atoms with Gasteiger partial charge in [-0.3, -0.25) is 13.9 Å². The Bertz CT molecular complexity index is 1760. The summed E-state index contributed by atoms with van der Waals surface area (Å²) in [6, 6.07) is 27.8. The molecule has 1 aliphatic carbocycles. The SMILES string of the molecule is COc1ccc(S(=O)(=O)N(CC(=O)N(Cc2ccccc2Cl)[C@H](Cc2ccccc2)C(=O)NC2CCCC2)c2ccc(Cl)cc2)cc1. The number of hydrogen-bond acceptors (Lipinski definition) is 5. The fraction of sp³-hybridized carbons (Fsp3) is 0.278. The highest BCUT2D eigenvalue weighted by Gasteiger charge is 2.36. The second kappa shape index (κ2) is 15.7. The van der Waals surface area contributed by atoms with E-state index in [1.165, 1.54) is 24.1 Å². The second-order valence-corrected chi connectivity index (χ2v) is 14.2. The Kier molecular flexibility index (Phi) is 11.4. The van der Waals surface area contributed by atoms with Crippen molar-refractivity contribution in [3.63, 3.8) is 0 Å². The molecule has 0 aromatic heterocycles. The van der Waals surface area contributed by atoms with Crippen molar-refractivity contribution in [2.24, 2.45) is 0 Å². The van der Waals surface area contributed by atoms with Crippen LogP contribution in [0.15, 0.2) is 108 Å². The molecule has 1 atom stereocenters. The van der Waals surface area contributed by atoms with Gasteiger partial charge >= 0.3 is 0 Å². The molecule has 0 unspecified atom stereocenters. The average molecular weight is 695 g/mol. The number of ether oxygens (including phenoxy) is 1. The minimum Gasteiger partial charge on any atom is -0.497 e. The Morgan fingerprint density at radius 3 is 2.15 bits per heavy atom. The molecule has 47 heavy (non-hydrogen) atoms. The maximum absolute atomic E-state index is 14.6. The van der Waals surface area contributed by atoms with Gasteiger partial charge in [0.05, 0.1) is 17.7 Å². The standard InChI is InChI=1S/C36H37Cl2N3O5S/c1-46-31-19-21-32(22-20-31)47(44,45)41(30-17-15-28(37)16-18-30)25-35(42)40(24-27-11-5-8-14-33(27)38)34(23-26-9-3-2-4-10-26)36(43)39-29-12-6-7-13-29/h2-5,8-11,14-22,29,34H,6-7,12-13,23-25H2,1H3,(H,39,43)/t34-/m1/s1. The van der Waals surface area contributed by atoms with Gasteiger partial charge in [-0.2, -0.15) is 0 Å². The molecule has 1 saturated carbocycles. The van der Waals surface area contributed by atoms with E-state index in [4.69, 9.17) is 27.9 Å². The zero-order valence-electron chi connectivity index (χ0n) is 26.0. The smallest absolute Gasteiger partial charge is 0.264 e. The zero-order valence-corrected chi connectivity index (χ0v) is 28.3. The van der Waals surface area contributed by atoms with Crippen LogP contribution in [0.3, 0.4) is 0 Å². The van der Waals surface area contributed by atoms with Crippen LogP contribution >= 0.6 is 23.2 Å². The summed E-state index contributed by atoms with van der Waals surface area (Å²) in [5.74, 6) is -0.377. The molecule has 1 fully saturated rings. The summed E-state index contributed by atoms with van der Waals surface area (Å²) in [6.45, 7) is -0.590. The van der Waals surface area contributed by atoms with Gasteiger partial charge < -0.3 is 15.0 Å². The Hall–Kier alpha value is -4.05. The number of anilines is 1. The summed E-state index contributed by atoms with van der Waals surface area (Å²) >= 11 is 12.7. The number of amides is 2. The number of sulfonamides is 1. The average Bonchev–Trinajstić information content (AvgIpc) is 3.60. The third-order valence-electron chi connectivity index (χ3n) is 8.31. The van der Waals surface area contributed by atoms with Gasteiger partial charge in [-0.15, -0.1) is 0 Å². The summed E-state index contributed by atoms with van der Waals surface area (Å²) in [7, 11) is -2.77. The minimum atomic E-state index is -4.26. The molecule has 2 amide bonds. The number of carbonyl (C=O) groups is 2. The van der Waals surface area contributed by atoms with E-state index >= 15 is 0 Å². The molecule has 0 heterocycles. The molecule has 0 bridgehead atoms. The lowest BCUT2D eigenvalue weighted by Crippen LogP contribution is -2.54. The number of nitrogens with zero attached hydrogens (tertiary/aromatic N) is 2. The first-order valence-electron chi connectivity index (χ1n) is 15.5. The molecule has 246 valence electrons. The zero-order chi connectivity index (χ0) is 33.4. The molecule has 0 aliphatic heterocycles. The fourth-order valence-corrected chi connectivity index (χ4v) is 7.48. The molecule has 4 aromatic carbocycles. The number of nitrogens with one attached hydrogen (secondary N) is 1. The van der Waals surface area contributed by atoms with Crippen molar-refractivity contribution in [3.8, 4) is 5.75 Å². The molecule has 0 spiro atoms. The predicted octanol–water partition coefficient (Wildman–Crippen LogP) is 6.90. The van der Waals surface area contributed by atoms with Crippen LogP contribution in [0.1, 0.15) is 36.8 Å². The van der Waals surface area contributed by atoms with Gasteiger partial charge in [0.2, 0.25) is 11.8 Å². The first-order valence-corrected chi connectivity index (χ1v) is 17.6. The summed E-state index contributed by atoms with van der Waals surface area (Å²) in [5.41, 5.74) is 1.73. The highest BCUT2D eigenvalue weighted by molar-refractivity contribution is 7.92. The molecule has 11 heteroatoms. The van der Waals surface area contributed by atoms with Crippen molar-refractivity contribution in [3.05, 3.63) is 124 Å². The monoisotopic (exact) mass is 693 g/mol. The van der Waals surface area contributed by atoms with E-state index < -0.39 is 28.5 Å². The van der Waals surface area contributed by atoms with E-state index in [1.54, 1.807) is 54.6 Å². The third-order valence-corrected chi connectivity index (χ3v) is 10.7. The Labute approximate surface area is 286 Å². The third kappa shape index (κ3) is 8.66. The van der Waals surface area contributed by atoms with Crippen LogP contribution in [-0.2, 0) is 32.6 Å². The molecular formula is C36H37Cl2N3O5S. The van der Waals surface area contributed by atoms with Gasteiger partial charge in [-0.05, 0) is 78.6 Å². The highest BCUT2D eigenvalue weighted by atomic mass is 35.5. The van der Waals surface area contributed by atoms with Crippen molar-refractivity contribution in [2.45, 2.75) is 55.6 Å². The van der Waals surface area contributed by atoms with E-state index in [1.807, 2.05) is 36.4 Å². The molecule has 0 saturated heterocycles. The van der Waals surface area contributed by atoms with Crippen LogP contribution in [0.25, 0.3) is 0 Å². The number of carbonyl (C=O) groups excluding carboxylic acids is 2. The van der Waals surface area contributed by atoms with Crippen LogP contribution < -0.4 is 14.4 Å². The number of benzene rings is 4. The van der Waals surface area contributed by atoms with E-state index in [0.29, 0.717) is 21.4 Å². The lowest BCUT2D eigenvalue weighted by molar-refractivity contribution is -0.140. The fourth-order valence-electron chi connectivity index (χ4n) is 5.74. The van der Waals surface area contributed by atoms with Gasteiger partial charge in [0, 0.05) is 29.1 Å². The highest BCUT2D eigenvalue weighted by Crippen LogP contribution is 2.28. The minimum absolute atomic E-state index is 0.00879. The Balaban J connectivity index is 1.56. The normalized spacial score (nSPS) is 13.9. The summed E-state index contributed by atoms with van der Waals surface area (Å²) < 4.78 is 34.6. The number of hydrogen-bond donors (Lipinski definition) is 1. The molecule has 1 aliphatic rings. The lowest BCUT2D eigenvalue weighted by Gasteiger charge is -2.34. The van der Waals surface area contributed by atoms with Gasteiger partial charge in [0.25, 0.3) is 10.0 Å². The lowest BCUT2D eigenvalue weighted by atomic mass is 10.0. The largest absolute Gasteiger partial charge is 0.497 e. The molecular weight excluding hydrogens is 657 g/mol. The first kappa shape index (κ1) is 34.3. The second-order valence-electron chi connectivity index (χ2n) is 11.5. The van der Waals surface area contributed by atoms with Crippen molar-refractivity contribution in [1.82, 2.24) is 10.2 Å². The topological polar surface area (TPSA) is 96.0 Å². The first-order chi connectivity index (χ1) is 22.7. The summed E-state index contributed by atoms with van der Waals surface area (Å²) in [6.07, 6.45) is 4.01. The Morgan fingerprint density at radius 1 is 0.872 bits per heavy atom. The van der Waals surface area contributed by atoms with Gasteiger partial charge in [-0.1, -0.05) is 84.6 Å². The van der Waals surface area contributed by atoms with Gasteiger partial charge in [0.15, 0.2) is 0 Å². The van der Waals surface area contributed by atoms with E-state index in [9.17, 15) is 18.0 Å². The number of methoxy groups -OCH3 is 1. The molecule has 4 aromatic rings. The quantitative estimate of drug-likeness (QED) is 0.164. The van der Waals surface area contributed by atoms with Crippen LogP contribution in [0.4, 0.5) is 5.69 Å². The van der Waals surface area contributed by atoms with E-state index in [2.05, 4.69) is 5.32 Å². The van der Waals surface area contributed by atoms with Gasteiger partial charge in [0.1, 0.15) is 18.3 Å². The predicted molar refractivity (Wildman–Crippen MR) is 185 cm³/mol. The van der Waals surface area contributed by atoms with Crippen LogP contribution in [0.2, 0.25) is 10.0 Å². The van der Waals surface area contributed by atoms with Crippen molar-refractivity contribution >= 4 is 50.7 Å². The molecule has 5 rings (SSSR count). The maximum atomic E-state index is 14.6. The van der Waals surface area contributed by atoms with Crippen molar-refractivity contribution < 1.29 is 22.7 Å². The number of halogens is 2. The molecule has 1 N–H and O–H groups in total. The molecule has 0 radical (unpaired) electrons. The number of rotatable bonds is 13. The van der Waals surface area contributed by atoms with Crippen molar-refractivity contribution in [1.29, 1.82) is 0 Å². The molecule has 8 nitrogen and oxygen atoms in total. The summed E-state index contributed by atoms with van der Waals surface area (Å²) in [4.78, 5) is 30.1. The maximum Gasteiger partial charge on any atom is 0.264 e. The Morgan fingerprint density at radius 2 is 1.51 bits per heavy atom. The van der Waals surface area contributed by atoms with Crippen molar-refractivity contribution in [2.75, 3.05) is 18.0 Å². The van der Waals surface area contributed by atoms with E-state index in [-0.39, 0.29) is 35.5 Å². The summed E-state index contributed by atoms with van der Waals surface area (Å²) in [5, 5.41) is 4.01. The van der Waals surface area contributed by atoms with E-state index in [0.717, 1.165) is 35.6 Å². The van der Waals surface area contributed by atoms with Crippen LogP contribution in [-0.4, -0.2) is 50.9 Å².